The molecular formula is C16H28N2O. The fraction of sp³-hybridized carbons (Fsp3) is 0.812. The van der Waals surface area contributed by atoms with Crippen LogP contribution in [0.1, 0.15) is 51.9 Å². The van der Waals surface area contributed by atoms with Gasteiger partial charge in [-0.2, -0.15) is 0 Å². The summed E-state index contributed by atoms with van der Waals surface area (Å²) in [5.74, 6) is 0.850. The summed E-state index contributed by atoms with van der Waals surface area (Å²) < 4.78 is 0. The van der Waals surface area contributed by atoms with Gasteiger partial charge in [0.1, 0.15) is 0 Å². The Hall–Kier alpha value is -0.830. The minimum Gasteiger partial charge on any atom is -0.339 e. The topological polar surface area (TPSA) is 32.3 Å². The minimum absolute atomic E-state index is 0.192. The summed E-state index contributed by atoms with van der Waals surface area (Å²) >= 11 is 0. The van der Waals surface area contributed by atoms with E-state index in [9.17, 15) is 4.79 Å². The van der Waals surface area contributed by atoms with E-state index in [1.807, 2.05) is 11.0 Å². The molecule has 3 nitrogen and oxygen atoms in total. The van der Waals surface area contributed by atoms with E-state index in [1.165, 1.54) is 38.5 Å². The van der Waals surface area contributed by atoms with Gasteiger partial charge in [-0.1, -0.05) is 32.3 Å². The van der Waals surface area contributed by atoms with E-state index < -0.39 is 0 Å². The Labute approximate surface area is 117 Å². The van der Waals surface area contributed by atoms with E-state index in [-0.39, 0.29) is 5.91 Å². The highest BCUT2D eigenvalue weighted by atomic mass is 16.2. The molecule has 1 saturated carbocycles. The molecule has 0 aromatic heterocycles. The SMILES string of the molecule is C[C@@H]1CCCN(C(=O)/C=C/CNC2CCCCC2)C1. The van der Waals surface area contributed by atoms with E-state index in [0.717, 1.165) is 26.1 Å². The smallest absolute Gasteiger partial charge is 0.246 e. The second kappa shape index (κ2) is 7.68. The Morgan fingerprint density at radius 1 is 1.21 bits per heavy atom. The molecule has 0 aromatic rings. The van der Waals surface area contributed by atoms with Crippen molar-refractivity contribution in [1.82, 2.24) is 10.2 Å². The molecule has 1 aliphatic heterocycles. The van der Waals surface area contributed by atoms with Gasteiger partial charge in [0.15, 0.2) is 0 Å². The maximum absolute atomic E-state index is 12.0. The molecule has 108 valence electrons. The molecule has 1 saturated heterocycles. The van der Waals surface area contributed by atoms with Crippen molar-refractivity contribution in [3.8, 4) is 0 Å². The van der Waals surface area contributed by atoms with Crippen LogP contribution in [0.4, 0.5) is 0 Å². The molecule has 1 amide bonds. The highest BCUT2D eigenvalue weighted by Gasteiger charge is 2.18. The second-order valence-electron chi connectivity index (χ2n) is 6.18. The number of nitrogens with zero attached hydrogens (tertiary/aromatic N) is 1. The predicted octanol–water partition coefficient (Wildman–Crippen LogP) is 2.72. The number of amides is 1. The van der Waals surface area contributed by atoms with Crippen LogP contribution in [0.25, 0.3) is 0 Å². The molecule has 2 fully saturated rings. The maximum Gasteiger partial charge on any atom is 0.246 e. The maximum atomic E-state index is 12.0. The third-order valence-corrected chi connectivity index (χ3v) is 4.36. The second-order valence-corrected chi connectivity index (χ2v) is 6.18. The van der Waals surface area contributed by atoms with E-state index in [1.54, 1.807) is 6.08 Å². The van der Waals surface area contributed by atoms with E-state index >= 15 is 0 Å². The lowest BCUT2D eigenvalue weighted by Crippen LogP contribution is -2.38. The van der Waals surface area contributed by atoms with Crippen molar-refractivity contribution in [2.45, 2.75) is 57.9 Å². The number of hydrogen-bond acceptors (Lipinski definition) is 2. The average molecular weight is 264 g/mol. The zero-order valence-electron chi connectivity index (χ0n) is 12.2. The van der Waals surface area contributed by atoms with Gasteiger partial charge < -0.3 is 10.2 Å². The third kappa shape index (κ3) is 4.98. The molecule has 1 N–H and O–H groups in total. The lowest BCUT2D eigenvalue weighted by molar-refractivity contribution is -0.127. The van der Waals surface area contributed by atoms with Crippen LogP contribution in [0.2, 0.25) is 0 Å². The minimum atomic E-state index is 0.192. The highest BCUT2D eigenvalue weighted by molar-refractivity contribution is 5.87. The van der Waals surface area contributed by atoms with Crippen LogP contribution in [0, 0.1) is 5.92 Å². The van der Waals surface area contributed by atoms with Crippen molar-refractivity contribution in [3.05, 3.63) is 12.2 Å². The van der Waals surface area contributed by atoms with Crippen LogP contribution in [0.3, 0.4) is 0 Å². The van der Waals surface area contributed by atoms with Gasteiger partial charge in [-0.05, 0) is 31.6 Å². The first-order chi connectivity index (χ1) is 9.25. The first kappa shape index (κ1) is 14.6. The van der Waals surface area contributed by atoms with Crippen molar-refractivity contribution in [1.29, 1.82) is 0 Å². The zero-order chi connectivity index (χ0) is 13.5. The lowest BCUT2D eigenvalue weighted by atomic mass is 9.95. The zero-order valence-corrected chi connectivity index (χ0v) is 12.2. The summed E-state index contributed by atoms with van der Waals surface area (Å²) in [6, 6.07) is 0.670. The molecule has 1 aliphatic carbocycles. The van der Waals surface area contributed by atoms with Crippen molar-refractivity contribution in [2.24, 2.45) is 5.92 Å². The molecule has 0 unspecified atom stereocenters. The highest BCUT2D eigenvalue weighted by Crippen LogP contribution is 2.17. The molecular weight excluding hydrogens is 236 g/mol. The van der Waals surface area contributed by atoms with Crippen LogP contribution in [-0.4, -0.2) is 36.5 Å². The Kier molecular flexibility index (Phi) is 5.90. The molecule has 2 aliphatic rings. The van der Waals surface area contributed by atoms with Gasteiger partial charge in [-0.3, -0.25) is 4.79 Å². The van der Waals surface area contributed by atoms with E-state index in [4.69, 9.17) is 0 Å². The number of likely N-dealkylation sites (tertiary alicyclic amines) is 1. The fourth-order valence-corrected chi connectivity index (χ4v) is 3.20. The number of piperidine rings is 1. The largest absolute Gasteiger partial charge is 0.339 e. The summed E-state index contributed by atoms with van der Waals surface area (Å²) in [6.07, 6.45) is 12.9. The standard InChI is InChI=1S/C16H28N2O/c1-14-7-6-12-18(13-14)16(19)10-5-11-17-15-8-3-2-4-9-15/h5,10,14-15,17H,2-4,6-9,11-13H2,1H3/b10-5+/t14-/m1/s1. The van der Waals surface area contributed by atoms with Crippen molar-refractivity contribution in [3.63, 3.8) is 0 Å². The first-order valence-electron chi connectivity index (χ1n) is 7.94. The van der Waals surface area contributed by atoms with E-state index in [0.29, 0.717) is 12.0 Å². The van der Waals surface area contributed by atoms with Crippen LogP contribution in [0.5, 0.6) is 0 Å². The molecule has 0 radical (unpaired) electrons. The number of carbonyl (C=O) groups is 1. The van der Waals surface area contributed by atoms with Crippen LogP contribution in [-0.2, 0) is 4.79 Å². The molecule has 3 heteroatoms. The Bertz CT molecular complexity index is 308. The van der Waals surface area contributed by atoms with Crippen molar-refractivity contribution in [2.75, 3.05) is 19.6 Å². The van der Waals surface area contributed by atoms with Gasteiger partial charge in [-0.25, -0.2) is 0 Å². The number of carbonyl (C=O) groups excluding carboxylic acids is 1. The summed E-state index contributed by atoms with van der Waals surface area (Å²) in [6.45, 7) is 4.93. The monoisotopic (exact) mass is 264 g/mol. The Morgan fingerprint density at radius 2 is 2.00 bits per heavy atom. The van der Waals surface area contributed by atoms with Crippen LogP contribution < -0.4 is 5.32 Å². The third-order valence-electron chi connectivity index (χ3n) is 4.36. The molecule has 0 aromatic carbocycles. The first-order valence-corrected chi connectivity index (χ1v) is 7.94. The van der Waals surface area contributed by atoms with Crippen LogP contribution in [0.15, 0.2) is 12.2 Å². The molecule has 1 atom stereocenters. The van der Waals surface area contributed by atoms with Gasteiger partial charge in [0.05, 0.1) is 0 Å². The van der Waals surface area contributed by atoms with Gasteiger partial charge >= 0.3 is 0 Å². The summed E-state index contributed by atoms with van der Waals surface area (Å²) in [7, 11) is 0. The van der Waals surface area contributed by atoms with Crippen molar-refractivity contribution >= 4 is 5.91 Å². The summed E-state index contributed by atoms with van der Waals surface area (Å²) in [5, 5.41) is 3.53. The molecule has 2 rings (SSSR count). The summed E-state index contributed by atoms with van der Waals surface area (Å²) in [5.41, 5.74) is 0. The predicted molar refractivity (Wildman–Crippen MR) is 79.0 cm³/mol. The Morgan fingerprint density at radius 3 is 2.74 bits per heavy atom. The molecule has 1 heterocycles. The van der Waals surface area contributed by atoms with Gasteiger partial charge in [0, 0.05) is 31.8 Å². The van der Waals surface area contributed by atoms with Crippen LogP contribution >= 0.6 is 0 Å². The van der Waals surface area contributed by atoms with E-state index in [2.05, 4.69) is 12.2 Å². The average Bonchev–Trinajstić information content (AvgIpc) is 2.44. The molecule has 0 bridgehead atoms. The fourth-order valence-electron chi connectivity index (χ4n) is 3.20. The number of rotatable bonds is 4. The quantitative estimate of drug-likeness (QED) is 0.792. The van der Waals surface area contributed by atoms with Gasteiger partial charge in [0.25, 0.3) is 0 Å². The molecule has 19 heavy (non-hydrogen) atoms. The van der Waals surface area contributed by atoms with Gasteiger partial charge in [-0.15, -0.1) is 0 Å². The van der Waals surface area contributed by atoms with Crippen molar-refractivity contribution < 1.29 is 4.79 Å². The van der Waals surface area contributed by atoms with Gasteiger partial charge in [0.2, 0.25) is 5.91 Å². The summed E-state index contributed by atoms with van der Waals surface area (Å²) in [4.78, 5) is 14.0. The number of nitrogens with one attached hydrogen (secondary N) is 1. The normalized spacial score (nSPS) is 25.9. The Balaban J connectivity index is 1.65. The number of hydrogen-bond donors (Lipinski definition) is 1. The molecule has 0 spiro atoms. The lowest BCUT2D eigenvalue weighted by Gasteiger charge is -2.30.